The van der Waals surface area contributed by atoms with Gasteiger partial charge in [0.15, 0.2) is 5.92 Å². The summed E-state index contributed by atoms with van der Waals surface area (Å²) in [4.78, 5) is 42.7. The maximum atomic E-state index is 12.8. The Kier molecular flexibility index (Phi) is 4.07. The number of imide groups is 2. The van der Waals surface area contributed by atoms with Crippen molar-refractivity contribution < 1.29 is 14.4 Å². The van der Waals surface area contributed by atoms with Gasteiger partial charge in [-0.2, -0.15) is 0 Å². The van der Waals surface area contributed by atoms with E-state index >= 15 is 0 Å². The van der Waals surface area contributed by atoms with Crippen LogP contribution in [-0.4, -0.2) is 35.0 Å². The van der Waals surface area contributed by atoms with Gasteiger partial charge in [-0.25, -0.2) is 4.79 Å². The number of carbonyl (C=O) groups excluding carboxylic acids is 3. The molecule has 2 bridgehead atoms. The minimum atomic E-state index is -1.08. The van der Waals surface area contributed by atoms with E-state index in [-0.39, 0.29) is 6.04 Å². The summed E-state index contributed by atoms with van der Waals surface area (Å²) >= 11 is 5.83. The van der Waals surface area contributed by atoms with Crippen LogP contribution in [0.4, 0.5) is 10.5 Å². The summed E-state index contributed by atoms with van der Waals surface area (Å²) in [7, 11) is 0. The van der Waals surface area contributed by atoms with Crippen molar-refractivity contribution in [1.29, 1.82) is 0 Å². The van der Waals surface area contributed by atoms with Crippen molar-refractivity contribution in [3.05, 3.63) is 29.3 Å². The summed E-state index contributed by atoms with van der Waals surface area (Å²) < 4.78 is 0. The Labute approximate surface area is 150 Å². The van der Waals surface area contributed by atoms with E-state index in [9.17, 15) is 14.4 Å². The fourth-order valence-electron chi connectivity index (χ4n) is 4.27. The van der Waals surface area contributed by atoms with Gasteiger partial charge in [0.2, 0.25) is 11.8 Å². The van der Waals surface area contributed by atoms with Crippen LogP contribution in [0.5, 0.6) is 0 Å². The molecule has 1 N–H and O–H groups in total. The molecule has 4 amide bonds. The van der Waals surface area contributed by atoms with Gasteiger partial charge < -0.3 is 0 Å². The van der Waals surface area contributed by atoms with Crippen LogP contribution in [0.2, 0.25) is 5.02 Å². The highest BCUT2D eigenvalue weighted by Gasteiger charge is 2.50. The quantitative estimate of drug-likeness (QED) is 0.665. The van der Waals surface area contributed by atoms with E-state index in [2.05, 4.69) is 10.3 Å². The largest absolute Gasteiger partial charge is 0.331 e. The molecule has 130 valence electrons. The maximum Gasteiger partial charge on any atom is 0.331 e. The minimum absolute atomic E-state index is 0.0919. The normalized spacial score (nSPS) is 31.9. The topological polar surface area (TPSA) is 78.8 Å². The summed E-state index contributed by atoms with van der Waals surface area (Å²) in [6.07, 6.45) is 5.45. The van der Waals surface area contributed by atoms with Crippen molar-refractivity contribution in [1.82, 2.24) is 10.2 Å². The number of halogens is 1. The number of urea groups is 1. The van der Waals surface area contributed by atoms with Crippen LogP contribution in [0.15, 0.2) is 29.3 Å². The molecule has 2 aliphatic carbocycles. The molecule has 1 aromatic rings. The van der Waals surface area contributed by atoms with E-state index in [0.29, 0.717) is 22.5 Å². The number of fused-ring (bicyclic) bond motifs is 2. The van der Waals surface area contributed by atoms with Crippen LogP contribution >= 0.6 is 11.6 Å². The fraction of sp³-hybridized carbons (Fsp3) is 0.444. The Bertz CT molecular complexity index is 761. The van der Waals surface area contributed by atoms with E-state index in [4.69, 9.17) is 11.6 Å². The fourth-order valence-corrected chi connectivity index (χ4v) is 4.39. The number of rotatable bonds is 3. The highest BCUT2D eigenvalue weighted by Crippen LogP contribution is 2.47. The molecule has 1 heterocycles. The van der Waals surface area contributed by atoms with Crippen LogP contribution in [0.1, 0.15) is 25.7 Å². The van der Waals surface area contributed by atoms with Gasteiger partial charge in [0, 0.05) is 17.3 Å². The lowest BCUT2D eigenvalue weighted by Gasteiger charge is -2.36. The second kappa shape index (κ2) is 6.26. The molecule has 3 fully saturated rings. The molecule has 1 aliphatic heterocycles. The first-order valence-corrected chi connectivity index (χ1v) is 8.88. The molecule has 4 atom stereocenters. The third kappa shape index (κ3) is 2.95. The Morgan fingerprint density at radius 2 is 1.88 bits per heavy atom. The zero-order valence-electron chi connectivity index (χ0n) is 13.5. The van der Waals surface area contributed by atoms with E-state index in [0.717, 1.165) is 19.3 Å². The summed E-state index contributed by atoms with van der Waals surface area (Å²) in [5.41, 5.74) is 0.591. The first-order valence-electron chi connectivity index (χ1n) is 8.50. The predicted octanol–water partition coefficient (Wildman–Crippen LogP) is 2.93. The van der Waals surface area contributed by atoms with Crippen molar-refractivity contribution in [2.75, 3.05) is 0 Å². The summed E-state index contributed by atoms with van der Waals surface area (Å²) in [6.45, 7) is 0. The molecule has 0 aromatic heterocycles. The van der Waals surface area contributed by atoms with Crippen LogP contribution in [0.25, 0.3) is 0 Å². The van der Waals surface area contributed by atoms with Crippen molar-refractivity contribution in [3.63, 3.8) is 0 Å². The van der Waals surface area contributed by atoms with Crippen molar-refractivity contribution in [2.24, 2.45) is 22.7 Å². The van der Waals surface area contributed by atoms with Gasteiger partial charge in [-0.3, -0.25) is 24.8 Å². The molecule has 3 aliphatic rings. The van der Waals surface area contributed by atoms with Crippen LogP contribution in [0, 0.1) is 17.8 Å². The Morgan fingerprint density at radius 1 is 1.12 bits per heavy atom. The third-order valence-corrected chi connectivity index (χ3v) is 5.72. The second-order valence-electron chi connectivity index (χ2n) is 6.98. The number of benzene rings is 1. The molecular formula is C18H18ClN3O3. The number of carbonyl (C=O) groups is 3. The zero-order chi connectivity index (χ0) is 17.6. The monoisotopic (exact) mass is 359 g/mol. The summed E-state index contributed by atoms with van der Waals surface area (Å²) in [5, 5.41) is 2.89. The first kappa shape index (κ1) is 16.3. The number of hydrogen-bond acceptors (Lipinski definition) is 4. The first-order chi connectivity index (χ1) is 12.0. The second-order valence-corrected chi connectivity index (χ2v) is 7.41. The number of barbiturate groups is 1. The van der Waals surface area contributed by atoms with E-state index < -0.39 is 23.8 Å². The number of aliphatic imine (C=N–C) groups is 1. The number of amides is 4. The van der Waals surface area contributed by atoms with Crippen molar-refractivity contribution >= 4 is 41.3 Å². The molecule has 1 aromatic carbocycles. The van der Waals surface area contributed by atoms with Gasteiger partial charge in [-0.1, -0.05) is 18.0 Å². The lowest BCUT2D eigenvalue weighted by Crippen LogP contribution is -2.62. The van der Waals surface area contributed by atoms with E-state index in [1.165, 1.54) is 17.5 Å². The summed E-state index contributed by atoms with van der Waals surface area (Å²) in [5.74, 6) is -1.21. The van der Waals surface area contributed by atoms with Gasteiger partial charge >= 0.3 is 6.03 Å². The standard InChI is InChI=1S/C18H18ClN3O3/c19-12-3-5-13(6-4-12)20-9-14-16(23)21-18(25)22(17(14)24)15-8-10-1-2-11(15)7-10/h3-6,9-11,14-15H,1-2,7-8H2,(H,21,23,25)/t10-,11-,14-,15-/m0/s1. The van der Waals surface area contributed by atoms with Crippen molar-refractivity contribution in [2.45, 2.75) is 31.7 Å². The molecule has 2 saturated carbocycles. The molecule has 4 rings (SSSR count). The molecule has 0 unspecified atom stereocenters. The molecule has 0 spiro atoms. The van der Waals surface area contributed by atoms with Gasteiger partial charge in [0.05, 0.1) is 5.69 Å². The smallest absolute Gasteiger partial charge is 0.277 e. The van der Waals surface area contributed by atoms with Crippen LogP contribution in [0.3, 0.4) is 0 Å². The number of nitrogens with one attached hydrogen (secondary N) is 1. The molecule has 1 saturated heterocycles. The van der Waals surface area contributed by atoms with Crippen LogP contribution in [-0.2, 0) is 9.59 Å². The average molecular weight is 360 g/mol. The highest BCUT2D eigenvalue weighted by atomic mass is 35.5. The van der Waals surface area contributed by atoms with Gasteiger partial charge in [0.1, 0.15) is 0 Å². The third-order valence-electron chi connectivity index (χ3n) is 5.47. The molecule has 25 heavy (non-hydrogen) atoms. The van der Waals surface area contributed by atoms with Gasteiger partial charge in [-0.05, 0) is 55.4 Å². The van der Waals surface area contributed by atoms with Crippen molar-refractivity contribution in [3.8, 4) is 0 Å². The molecule has 6 nitrogen and oxygen atoms in total. The number of nitrogens with zero attached hydrogens (tertiary/aromatic N) is 2. The Balaban J connectivity index is 1.55. The van der Waals surface area contributed by atoms with E-state index in [1.54, 1.807) is 24.3 Å². The Morgan fingerprint density at radius 3 is 2.52 bits per heavy atom. The highest BCUT2D eigenvalue weighted by molar-refractivity contribution is 6.30. The maximum absolute atomic E-state index is 12.8. The predicted molar refractivity (Wildman–Crippen MR) is 92.7 cm³/mol. The van der Waals surface area contributed by atoms with Gasteiger partial charge in [-0.15, -0.1) is 0 Å². The molecule has 7 heteroatoms. The SMILES string of the molecule is O=C1NC(=O)N([C@H]2C[C@H]3CC[C@H]2C3)C(=O)[C@H]1C=Nc1ccc(Cl)cc1. The van der Waals surface area contributed by atoms with Crippen LogP contribution < -0.4 is 5.32 Å². The minimum Gasteiger partial charge on any atom is -0.277 e. The number of hydrogen-bond donors (Lipinski definition) is 1. The lowest BCUT2D eigenvalue weighted by molar-refractivity contribution is -0.141. The molecular weight excluding hydrogens is 342 g/mol. The van der Waals surface area contributed by atoms with E-state index in [1.807, 2.05) is 0 Å². The molecule has 0 radical (unpaired) electrons. The zero-order valence-corrected chi connectivity index (χ0v) is 14.3. The van der Waals surface area contributed by atoms with Gasteiger partial charge in [0.25, 0.3) is 0 Å². The Hall–Kier alpha value is -2.21. The lowest BCUT2D eigenvalue weighted by atomic mass is 9.92. The average Bonchev–Trinajstić information content (AvgIpc) is 3.19. The summed E-state index contributed by atoms with van der Waals surface area (Å²) in [6, 6.07) is 6.07.